The molecule has 0 saturated carbocycles. The Kier molecular flexibility index (Phi) is 3.31. The van der Waals surface area contributed by atoms with Gasteiger partial charge in [-0.1, -0.05) is 42.5 Å². The van der Waals surface area contributed by atoms with Crippen molar-refractivity contribution in [1.29, 1.82) is 0 Å². The van der Waals surface area contributed by atoms with E-state index in [1.54, 1.807) is 12.1 Å². The van der Waals surface area contributed by atoms with Gasteiger partial charge in [0.25, 0.3) is 0 Å². The summed E-state index contributed by atoms with van der Waals surface area (Å²) in [6, 6.07) is 20.9. The first-order chi connectivity index (χ1) is 11.7. The van der Waals surface area contributed by atoms with Crippen molar-refractivity contribution in [2.24, 2.45) is 5.73 Å². The van der Waals surface area contributed by atoms with Crippen LogP contribution < -0.4 is 5.73 Å². The molecule has 0 radical (unpaired) electrons. The second-order valence-corrected chi connectivity index (χ2v) is 5.44. The van der Waals surface area contributed by atoms with Crippen molar-refractivity contribution in [2.75, 3.05) is 0 Å². The van der Waals surface area contributed by atoms with Crippen LogP contribution in [0.1, 0.15) is 10.4 Å². The van der Waals surface area contributed by atoms with E-state index in [1.807, 2.05) is 65.3 Å². The van der Waals surface area contributed by atoms with Gasteiger partial charge in [0.1, 0.15) is 0 Å². The minimum Gasteiger partial charge on any atom is -0.366 e. The van der Waals surface area contributed by atoms with E-state index in [-0.39, 0.29) is 0 Å². The molecule has 2 aromatic heterocycles. The predicted molar refractivity (Wildman–Crippen MR) is 92.4 cm³/mol. The number of rotatable bonds is 3. The van der Waals surface area contributed by atoms with Crippen LogP contribution >= 0.6 is 0 Å². The number of hydrogen-bond donors (Lipinski definition) is 1. The Labute approximate surface area is 138 Å². The maximum absolute atomic E-state index is 11.2. The molecule has 1 amide bonds. The van der Waals surface area contributed by atoms with E-state index in [1.165, 1.54) is 0 Å². The molecule has 4 aromatic rings. The molecule has 0 aliphatic heterocycles. The number of benzene rings is 2. The van der Waals surface area contributed by atoms with Crippen LogP contribution in [-0.2, 0) is 0 Å². The minimum absolute atomic E-state index is 0.439. The highest BCUT2D eigenvalue weighted by atomic mass is 16.1. The van der Waals surface area contributed by atoms with E-state index in [9.17, 15) is 4.79 Å². The first-order valence-corrected chi connectivity index (χ1v) is 7.53. The lowest BCUT2D eigenvalue weighted by atomic mass is 10.1. The second-order valence-electron chi connectivity index (χ2n) is 5.44. The van der Waals surface area contributed by atoms with E-state index in [0.717, 1.165) is 28.2 Å². The van der Waals surface area contributed by atoms with E-state index >= 15 is 0 Å². The molecule has 5 nitrogen and oxygen atoms in total. The zero-order chi connectivity index (χ0) is 16.5. The lowest BCUT2D eigenvalue weighted by Gasteiger charge is -2.05. The van der Waals surface area contributed by atoms with Crippen molar-refractivity contribution >= 4 is 11.6 Å². The van der Waals surface area contributed by atoms with Gasteiger partial charge in [0.05, 0.1) is 17.6 Å². The van der Waals surface area contributed by atoms with E-state index in [2.05, 4.69) is 4.98 Å². The van der Waals surface area contributed by atoms with Crippen LogP contribution in [0.3, 0.4) is 0 Å². The fraction of sp³-hybridized carbons (Fsp3) is 0. The Bertz CT molecular complexity index is 1020. The topological polar surface area (TPSA) is 73.3 Å². The Balaban J connectivity index is 1.81. The van der Waals surface area contributed by atoms with Gasteiger partial charge in [-0.15, -0.1) is 0 Å². The van der Waals surface area contributed by atoms with Gasteiger partial charge in [-0.2, -0.15) is 5.10 Å². The van der Waals surface area contributed by atoms with Gasteiger partial charge in [-0.05, 0) is 24.3 Å². The molecular weight excluding hydrogens is 300 g/mol. The molecule has 0 spiro atoms. The highest BCUT2D eigenvalue weighted by Crippen LogP contribution is 2.23. The van der Waals surface area contributed by atoms with Crippen LogP contribution in [0.4, 0.5) is 0 Å². The van der Waals surface area contributed by atoms with Crippen molar-refractivity contribution in [3.05, 3.63) is 78.5 Å². The zero-order valence-corrected chi connectivity index (χ0v) is 12.8. The van der Waals surface area contributed by atoms with Crippen molar-refractivity contribution in [3.63, 3.8) is 0 Å². The molecule has 2 N–H and O–H groups in total. The Morgan fingerprint density at radius 2 is 1.62 bits per heavy atom. The summed E-state index contributed by atoms with van der Waals surface area (Å²) in [4.78, 5) is 15.6. The number of fused-ring (bicyclic) bond motifs is 1. The van der Waals surface area contributed by atoms with Crippen molar-refractivity contribution in [2.45, 2.75) is 0 Å². The summed E-state index contributed by atoms with van der Waals surface area (Å²) in [5, 5.41) is 4.69. The number of hydrogen-bond acceptors (Lipinski definition) is 3. The van der Waals surface area contributed by atoms with Crippen molar-refractivity contribution in [1.82, 2.24) is 14.6 Å². The van der Waals surface area contributed by atoms with Crippen LogP contribution in [0.25, 0.3) is 28.2 Å². The molecular formula is C19H14N4O. The normalized spacial score (nSPS) is 10.8. The van der Waals surface area contributed by atoms with Gasteiger partial charge >= 0.3 is 0 Å². The number of carbonyl (C=O) groups is 1. The molecule has 0 aliphatic carbocycles. The fourth-order valence-corrected chi connectivity index (χ4v) is 2.64. The molecule has 0 atom stereocenters. The van der Waals surface area contributed by atoms with Crippen LogP contribution in [0, 0.1) is 0 Å². The van der Waals surface area contributed by atoms with Crippen LogP contribution in [-0.4, -0.2) is 20.5 Å². The highest BCUT2D eigenvalue weighted by Gasteiger charge is 2.09. The molecule has 2 aromatic carbocycles. The van der Waals surface area contributed by atoms with Gasteiger partial charge in [0, 0.05) is 16.7 Å². The average Bonchev–Trinajstić information content (AvgIpc) is 3.05. The number of primary amides is 1. The van der Waals surface area contributed by atoms with Crippen LogP contribution in [0.2, 0.25) is 0 Å². The standard InChI is InChI=1S/C19H14N4O/c20-19(24)15-8-6-13(7-9-15)16-10-11-18-21-12-17(23(18)22-16)14-4-2-1-3-5-14/h1-12H,(H2,20,24). The fourth-order valence-electron chi connectivity index (χ4n) is 2.64. The predicted octanol–water partition coefficient (Wildman–Crippen LogP) is 3.16. The number of carbonyl (C=O) groups excluding carboxylic acids is 1. The summed E-state index contributed by atoms with van der Waals surface area (Å²) >= 11 is 0. The lowest BCUT2D eigenvalue weighted by Crippen LogP contribution is -2.10. The average molecular weight is 314 g/mol. The van der Waals surface area contributed by atoms with Gasteiger partial charge in [-0.25, -0.2) is 9.50 Å². The van der Waals surface area contributed by atoms with Gasteiger partial charge in [0.15, 0.2) is 5.65 Å². The lowest BCUT2D eigenvalue weighted by molar-refractivity contribution is 0.100. The number of nitrogens with two attached hydrogens (primary N) is 1. The molecule has 5 heteroatoms. The van der Waals surface area contributed by atoms with E-state index < -0.39 is 5.91 Å². The SMILES string of the molecule is NC(=O)c1ccc(-c2ccc3ncc(-c4ccccc4)n3n2)cc1. The highest BCUT2D eigenvalue weighted by molar-refractivity contribution is 5.93. The molecule has 4 rings (SSSR count). The van der Waals surface area contributed by atoms with Gasteiger partial charge in [0.2, 0.25) is 5.91 Å². The second kappa shape index (κ2) is 5.62. The largest absolute Gasteiger partial charge is 0.366 e. The summed E-state index contributed by atoms with van der Waals surface area (Å²) < 4.78 is 1.83. The van der Waals surface area contributed by atoms with Crippen molar-refractivity contribution < 1.29 is 4.79 Å². The molecule has 24 heavy (non-hydrogen) atoms. The van der Waals surface area contributed by atoms with Crippen LogP contribution in [0.15, 0.2) is 72.9 Å². The third-order valence-corrected chi connectivity index (χ3v) is 3.90. The molecule has 2 heterocycles. The van der Waals surface area contributed by atoms with Crippen LogP contribution in [0.5, 0.6) is 0 Å². The van der Waals surface area contributed by atoms with Gasteiger partial charge < -0.3 is 5.73 Å². The van der Waals surface area contributed by atoms with Crippen molar-refractivity contribution in [3.8, 4) is 22.5 Å². The smallest absolute Gasteiger partial charge is 0.248 e. The molecule has 0 fully saturated rings. The summed E-state index contributed by atoms with van der Waals surface area (Å²) in [6.45, 7) is 0. The maximum Gasteiger partial charge on any atom is 0.248 e. The monoisotopic (exact) mass is 314 g/mol. The van der Waals surface area contributed by atoms with E-state index in [4.69, 9.17) is 10.8 Å². The minimum atomic E-state index is -0.439. The summed E-state index contributed by atoms with van der Waals surface area (Å²) in [6.07, 6.45) is 1.82. The third kappa shape index (κ3) is 2.42. The Morgan fingerprint density at radius 3 is 2.33 bits per heavy atom. The first kappa shape index (κ1) is 14.1. The van der Waals surface area contributed by atoms with E-state index in [0.29, 0.717) is 5.56 Å². The Hall–Kier alpha value is -3.47. The summed E-state index contributed by atoms with van der Waals surface area (Å²) in [5.41, 5.74) is 10.2. The number of amides is 1. The molecule has 0 bridgehead atoms. The summed E-state index contributed by atoms with van der Waals surface area (Å²) in [5.74, 6) is -0.439. The molecule has 116 valence electrons. The third-order valence-electron chi connectivity index (χ3n) is 3.90. The molecule has 0 saturated heterocycles. The number of aromatic nitrogens is 3. The summed E-state index contributed by atoms with van der Waals surface area (Å²) in [7, 11) is 0. The van der Waals surface area contributed by atoms with Gasteiger partial charge in [-0.3, -0.25) is 4.79 Å². The molecule has 0 unspecified atom stereocenters. The molecule has 0 aliphatic rings. The maximum atomic E-state index is 11.2. The quantitative estimate of drug-likeness (QED) is 0.631. The first-order valence-electron chi connectivity index (χ1n) is 7.53. The Morgan fingerprint density at radius 1 is 0.875 bits per heavy atom. The zero-order valence-electron chi connectivity index (χ0n) is 12.8. The number of nitrogens with zero attached hydrogens (tertiary/aromatic N) is 3. The number of imidazole rings is 1.